The number of carbonyl (C=O) groups is 2. The zero-order chi connectivity index (χ0) is 14.7. The number of aliphatic carboxylic acids is 1. The third-order valence-corrected chi connectivity index (χ3v) is 4.22. The van der Waals surface area contributed by atoms with Crippen LogP contribution in [0.4, 0.5) is 0 Å². The number of benzene rings is 1. The number of carboxylic acids is 1. The molecule has 2 N–H and O–H groups in total. The molecular weight excluding hydrogens is 301 g/mol. The molecule has 2 rings (SSSR count). The van der Waals surface area contributed by atoms with Crippen molar-refractivity contribution in [3.63, 3.8) is 0 Å². The Bertz CT molecular complexity index is 533. The van der Waals surface area contributed by atoms with Crippen LogP contribution < -0.4 is 5.32 Å². The van der Waals surface area contributed by atoms with Gasteiger partial charge < -0.3 is 10.4 Å². The van der Waals surface area contributed by atoms with Crippen LogP contribution in [0.3, 0.4) is 0 Å². The zero-order valence-corrected chi connectivity index (χ0v) is 12.2. The van der Waals surface area contributed by atoms with Gasteiger partial charge in [0.2, 0.25) is 5.91 Å². The minimum Gasteiger partial charge on any atom is -0.481 e. The van der Waals surface area contributed by atoms with Crippen LogP contribution in [0.25, 0.3) is 0 Å². The highest BCUT2D eigenvalue weighted by molar-refractivity contribution is 6.35. The maximum absolute atomic E-state index is 11.8. The van der Waals surface area contributed by atoms with Crippen LogP contribution in [0.15, 0.2) is 18.2 Å². The van der Waals surface area contributed by atoms with Gasteiger partial charge in [-0.2, -0.15) is 0 Å². The van der Waals surface area contributed by atoms with Gasteiger partial charge >= 0.3 is 5.97 Å². The smallest absolute Gasteiger partial charge is 0.307 e. The van der Waals surface area contributed by atoms with E-state index >= 15 is 0 Å². The Balaban J connectivity index is 1.81. The Hall–Kier alpha value is -1.26. The SMILES string of the molecule is O=C(O)C1CCC1C(=O)NCCc1ccc(Cl)cc1Cl. The first kappa shape index (κ1) is 15.1. The Morgan fingerprint density at radius 2 is 1.95 bits per heavy atom. The van der Waals surface area contributed by atoms with Gasteiger partial charge in [-0.25, -0.2) is 0 Å². The zero-order valence-electron chi connectivity index (χ0n) is 10.7. The molecule has 0 spiro atoms. The molecule has 0 heterocycles. The summed E-state index contributed by atoms with van der Waals surface area (Å²) in [5.74, 6) is -2.01. The molecule has 1 aliphatic carbocycles. The number of hydrogen-bond acceptors (Lipinski definition) is 2. The number of carbonyl (C=O) groups excluding carboxylic acids is 1. The number of hydrogen-bond donors (Lipinski definition) is 2. The normalized spacial score (nSPS) is 21.1. The minimum atomic E-state index is -0.892. The number of carboxylic acid groups (broad SMARTS) is 1. The van der Waals surface area contributed by atoms with E-state index in [1.54, 1.807) is 12.1 Å². The number of nitrogens with one attached hydrogen (secondary N) is 1. The predicted octanol–water partition coefficient (Wildman–Crippen LogP) is 2.76. The second-order valence-corrected chi connectivity index (χ2v) is 5.75. The number of rotatable bonds is 5. The number of halogens is 2. The summed E-state index contributed by atoms with van der Waals surface area (Å²) in [5.41, 5.74) is 0.903. The second-order valence-electron chi connectivity index (χ2n) is 4.91. The molecule has 0 bridgehead atoms. The summed E-state index contributed by atoms with van der Waals surface area (Å²) in [5, 5.41) is 12.8. The molecule has 2 unspecified atom stereocenters. The Morgan fingerprint density at radius 1 is 1.25 bits per heavy atom. The van der Waals surface area contributed by atoms with E-state index in [0.29, 0.717) is 35.9 Å². The first-order valence-electron chi connectivity index (χ1n) is 6.43. The molecule has 4 nitrogen and oxygen atoms in total. The van der Waals surface area contributed by atoms with Gasteiger partial charge in [0, 0.05) is 16.6 Å². The molecule has 20 heavy (non-hydrogen) atoms. The maximum Gasteiger partial charge on any atom is 0.307 e. The molecule has 1 aromatic carbocycles. The molecule has 6 heteroatoms. The maximum atomic E-state index is 11.8. The second kappa shape index (κ2) is 6.46. The highest BCUT2D eigenvalue weighted by Gasteiger charge is 2.41. The van der Waals surface area contributed by atoms with Crippen molar-refractivity contribution in [1.29, 1.82) is 0 Å². The minimum absolute atomic E-state index is 0.186. The summed E-state index contributed by atoms with van der Waals surface area (Å²) in [6, 6.07) is 5.23. The average Bonchev–Trinajstić information content (AvgIpc) is 2.29. The number of amides is 1. The fourth-order valence-corrected chi connectivity index (χ4v) is 2.79. The van der Waals surface area contributed by atoms with Crippen molar-refractivity contribution in [2.75, 3.05) is 6.54 Å². The van der Waals surface area contributed by atoms with Gasteiger partial charge in [-0.1, -0.05) is 29.3 Å². The summed E-state index contributed by atoms with van der Waals surface area (Å²) in [7, 11) is 0. The molecule has 1 amide bonds. The van der Waals surface area contributed by atoms with Gasteiger partial charge in [-0.3, -0.25) is 9.59 Å². The van der Waals surface area contributed by atoms with Crippen molar-refractivity contribution in [1.82, 2.24) is 5.32 Å². The Morgan fingerprint density at radius 3 is 2.50 bits per heavy atom. The lowest BCUT2D eigenvalue weighted by Crippen LogP contribution is -2.44. The van der Waals surface area contributed by atoms with Gasteiger partial charge in [0.1, 0.15) is 0 Å². The van der Waals surface area contributed by atoms with E-state index in [-0.39, 0.29) is 5.91 Å². The summed E-state index contributed by atoms with van der Waals surface area (Å²) in [6.45, 7) is 0.434. The van der Waals surface area contributed by atoms with Gasteiger partial charge in [-0.15, -0.1) is 0 Å². The summed E-state index contributed by atoms with van der Waals surface area (Å²) >= 11 is 11.8. The van der Waals surface area contributed by atoms with Gasteiger partial charge in [0.25, 0.3) is 0 Å². The average molecular weight is 316 g/mol. The lowest BCUT2D eigenvalue weighted by atomic mass is 9.73. The van der Waals surface area contributed by atoms with Crippen LogP contribution in [0, 0.1) is 11.8 Å². The quantitative estimate of drug-likeness (QED) is 0.878. The van der Waals surface area contributed by atoms with Gasteiger partial charge in [0.05, 0.1) is 11.8 Å². The van der Waals surface area contributed by atoms with Crippen LogP contribution in [0.5, 0.6) is 0 Å². The summed E-state index contributed by atoms with van der Waals surface area (Å²) in [6.07, 6.45) is 1.81. The third kappa shape index (κ3) is 3.44. The van der Waals surface area contributed by atoms with Gasteiger partial charge in [0.15, 0.2) is 0 Å². The molecule has 1 aromatic rings. The standard InChI is InChI=1S/C14H15Cl2NO3/c15-9-2-1-8(12(16)7-9)5-6-17-13(18)10-3-4-11(10)14(19)20/h1-2,7,10-11H,3-6H2,(H,17,18)(H,19,20). The Labute approximate surface area is 127 Å². The van der Waals surface area contributed by atoms with E-state index in [4.69, 9.17) is 28.3 Å². The van der Waals surface area contributed by atoms with E-state index in [1.165, 1.54) is 0 Å². The molecule has 1 aliphatic rings. The lowest BCUT2D eigenvalue weighted by molar-refractivity contribution is -0.152. The van der Waals surface area contributed by atoms with Crippen molar-refractivity contribution < 1.29 is 14.7 Å². The highest BCUT2D eigenvalue weighted by atomic mass is 35.5. The lowest BCUT2D eigenvalue weighted by Gasteiger charge is -2.31. The molecule has 0 radical (unpaired) electrons. The van der Waals surface area contributed by atoms with Crippen LogP contribution in [0.2, 0.25) is 10.0 Å². The van der Waals surface area contributed by atoms with Crippen molar-refractivity contribution >= 4 is 35.1 Å². The molecule has 0 aromatic heterocycles. The summed E-state index contributed by atoms with van der Waals surface area (Å²) < 4.78 is 0. The third-order valence-electron chi connectivity index (χ3n) is 3.64. The van der Waals surface area contributed by atoms with E-state index in [2.05, 4.69) is 5.32 Å². The molecule has 1 saturated carbocycles. The highest BCUT2D eigenvalue weighted by Crippen LogP contribution is 2.34. The van der Waals surface area contributed by atoms with Crippen LogP contribution in [-0.2, 0) is 16.0 Å². The molecule has 1 fully saturated rings. The monoisotopic (exact) mass is 315 g/mol. The van der Waals surface area contributed by atoms with Crippen molar-refractivity contribution in [2.45, 2.75) is 19.3 Å². The Kier molecular flexibility index (Phi) is 4.89. The van der Waals surface area contributed by atoms with E-state index in [1.807, 2.05) is 6.07 Å². The fourth-order valence-electron chi connectivity index (χ4n) is 2.29. The first-order chi connectivity index (χ1) is 9.49. The molecule has 0 aliphatic heterocycles. The molecule has 0 saturated heterocycles. The predicted molar refractivity (Wildman–Crippen MR) is 77.0 cm³/mol. The topological polar surface area (TPSA) is 66.4 Å². The molecule has 2 atom stereocenters. The van der Waals surface area contributed by atoms with E-state index in [0.717, 1.165) is 5.56 Å². The van der Waals surface area contributed by atoms with Crippen LogP contribution >= 0.6 is 23.2 Å². The van der Waals surface area contributed by atoms with E-state index < -0.39 is 17.8 Å². The first-order valence-corrected chi connectivity index (χ1v) is 7.19. The fraction of sp³-hybridized carbons (Fsp3) is 0.429. The molecule has 108 valence electrons. The van der Waals surface area contributed by atoms with Crippen molar-refractivity contribution in [2.24, 2.45) is 11.8 Å². The van der Waals surface area contributed by atoms with Crippen LogP contribution in [0.1, 0.15) is 18.4 Å². The van der Waals surface area contributed by atoms with Crippen molar-refractivity contribution in [3.05, 3.63) is 33.8 Å². The van der Waals surface area contributed by atoms with Crippen LogP contribution in [-0.4, -0.2) is 23.5 Å². The molecular formula is C14H15Cl2NO3. The summed E-state index contributed by atoms with van der Waals surface area (Å²) in [4.78, 5) is 22.7. The van der Waals surface area contributed by atoms with E-state index in [9.17, 15) is 9.59 Å². The largest absolute Gasteiger partial charge is 0.481 e. The van der Waals surface area contributed by atoms with Gasteiger partial charge in [-0.05, 0) is 37.0 Å². The van der Waals surface area contributed by atoms with Crippen molar-refractivity contribution in [3.8, 4) is 0 Å².